The summed E-state index contributed by atoms with van der Waals surface area (Å²) in [5, 5.41) is 1.10. The summed E-state index contributed by atoms with van der Waals surface area (Å²) in [6.07, 6.45) is 1.94. The van der Waals surface area contributed by atoms with Gasteiger partial charge in [-0.3, -0.25) is 14.2 Å². The van der Waals surface area contributed by atoms with E-state index in [-0.39, 0.29) is 23.4 Å². The van der Waals surface area contributed by atoms with E-state index in [1.807, 2.05) is 39.0 Å². The van der Waals surface area contributed by atoms with Crippen LogP contribution in [-0.2, 0) is 20.8 Å². The summed E-state index contributed by atoms with van der Waals surface area (Å²) < 4.78 is 12.7. The van der Waals surface area contributed by atoms with Crippen LogP contribution in [-0.4, -0.2) is 39.6 Å². The average molecular weight is 376 g/mol. The van der Waals surface area contributed by atoms with Gasteiger partial charge in [0.15, 0.2) is 5.16 Å². The summed E-state index contributed by atoms with van der Waals surface area (Å²) >= 11 is 1.23. The Hall–Kier alpha value is -1.86. The molecule has 1 fully saturated rings. The summed E-state index contributed by atoms with van der Waals surface area (Å²) in [6, 6.07) is 7.26. The lowest BCUT2D eigenvalue weighted by Crippen LogP contribution is -2.29. The highest BCUT2D eigenvalue weighted by molar-refractivity contribution is 7.99. The second-order valence-electron chi connectivity index (χ2n) is 7.34. The molecule has 0 spiro atoms. The van der Waals surface area contributed by atoms with E-state index >= 15 is 0 Å². The molecule has 2 aromatic rings. The van der Waals surface area contributed by atoms with Crippen molar-refractivity contribution in [1.82, 2.24) is 9.55 Å². The van der Waals surface area contributed by atoms with Crippen molar-refractivity contribution in [3.8, 4) is 0 Å². The molecule has 1 atom stereocenters. The van der Waals surface area contributed by atoms with Gasteiger partial charge in [-0.05, 0) is 45.7 Å². The fourth-order valence-corrected chi connectivity index (χ4v) is 3.69. The maximum Gasteiger partial charge on any atom is 0.316 e. The minimum Gasteiger partial charge on any atom is -0.459 e. The summed E-state index contributed by atoms with van der Waals surface area (Å²) in [6.45, 7) is 6.67. The third-order valence-corrected chi connectivity index (χ3v) is 4.93. The standard InChI is InChI=1S/C19H24N2O4S/c1-19(2,3)25-16(22)12-26-18-20-15-9-5-4-8-14(15)17(23)21(18)11-13-7-6-10-24-13/h4-5,8-9,13H,6-7,10-12H2,1-3H3/t13-/m0/s1. The molecular weight excluding hydrogens is 352 g/mol. The third kappa shape index (κ3) is 4.65. The van der Waals surface area contributed by atoms with Gasteiger partial charge in [-0.2, -0.15) is 0 Å². The molecular formula is C19H24N2O4S. The number of esters is 1. The van der Waals surface area contributed by atoms with Gasteiger partial charge >= 0.3 is 5.97 Å². The number of benzene rings is 1. The minimum absolute atomic E-state index is 0.0107. The predicted octanol–water partition coefficient (Wildman–Crippen LogP) is 3.01. The number of carbonyl (C=O) groups is 1. The lowest BCUT2D eigenvalue weighted by atomic mass is 10.2. The maximum absolute atomic E-state index is 12.9. The fraction of sp³-hybridized carbons (Fsp3) is 0.526. The highest BCUT2D eigenvalue weighted by Crippen LogP contribution is 2.21. The third-order valence-electron chi connectivity index (χ3n) is 3.98. The van der Waals surface area contributed by atoms with Crippen LogP contribution in [0.5, 0.6) is 0 Å². The van der Waals surface area contributed by atoms with Crippen LogP contribution < -0.4 is 5.56 Å². The Morgan fingerprint density at radius 1 is 1.38 bits per heavy atom. The quantitative estimate of drug-likeness (QED) is 0.454. The van der Waals surface area contributed by atoms with E-state index < -0.39 is 5.60 Å². The molecule has 0 radical (unpaired) electrons. The van der Waals surface area contributed by atoms with Gasteiger partial charge in [-0.1, -0.05) is 23.9 Å². The first kappa shape index (κ1) is 18.9. The number of rotatable bonds is 5. The largest absolute Gasteiger partial charge is 0.459 e. The van der Waals surface area contributed by atoms with Gasteiger partial charge in [-0.25, -0.2) is 4.98 Å². The number of carbonyl (C=O) groups excluding carboxylic acids is 1. The molecule has 1 aliphatic rings. The van der Waals surface area contributed by atoms with Crippen LogP contribution >= 0.6 is 11.8 Å². The minimum atomic E-state index is -0.536. The Morgan fingerprint density at radius 3 is 2.85 bits per heavy atom. The molecule has 0 N–H and O–H groups in total. The Bertz CT molecular complexity index is 851. The first-order chi connectivity index (χ1) is 12.3. The van der Waals surface area contributed by atoms with Gasteiger partial charge in [0, 0.05) is 6.61 Å². The van der Waals surface area contributed by atoms with E-state index in [1.165, 1.54) is 11.8 Å². The maximum atomic E-state index is 12.9. The zero-order valence-electron chi connectivity index (χ0n) is 15.4. The highest BCUT2D eigenvalue weighted by atomic mass is 32.2. The number of ether oxygens (including phenoxy) is 2. The molecule has 3 rings (SSSR count). The number of nitrogens with zero attached hydrogens (tertiary/aromatic N) is 2. The van der Waals surface area contributed by atoms with Gasteiger partial charge in [0.1, 0.15) is 5.60 Å². The van der Waals surface area contributed by atoms with E-state index in [2.05, 4.69) is 4.98 Å². The fourth-order valence-electron chi connectivity index (χ4n) is 2.91. The Kier molecular flexibility index (Phi) is 5.67. The van der Waals surface area contributed by atoms with Gasteiger partial charge in [-0.15, -0.1) is 0 Å². The summed E-state index contributed by atoms with van der Waals surface area (Å²) in [4.78, 5) is 29.6. The summed E-state index contributed by atoms with van der Waals surface area (Å²) in [5.41, 5.74) is -0.00297. The molecule has 7 heteroatoms. The van der Waals surface area contributed by atoms with Crippen LogP contribution in [0.2, 0.25) is 0 Å². The number of para-hydroxylation sites is 1. The predicted molar refractivity (Wildman–Crippen MR) is 102 cm³/mol. The zero-order chi connectivity index (χ0) is 18.7. The van der Waals surface area contributed by atoms with E-state index in [9.17, 15) is 9.59 Å². The number of aromatic nitrogens is 2. The topological polar surface area (TPSA) is 70.4 Å². The molecule has 1 aliphatic heterocycles. The molecule has 1 aromatic carbocycles. The first-order valence-electron chi connectivity index (χ1n) is 8.79. The van der Waals surface area contributed by atoms with Crippen LogP contribution in [0.15, 0.2) is 34.2 Å². The van der Waals surface area contributed by atoms with Crippen LogP contribution in [0.1, 0.15) is 33.6 Å². The Morgan fingerprint density at radius 2 is 2.15 bits per heavy atom. The van der Waals surface area contributed by atoms with E-state index in [4.69, 9.17) is 9.47 Å². The van der Waals surface area contributed by atoms with Crippen LogP contribution in [0.25, 0.3) is 10.9 Å². The smallest absolute Gasteiger partial charge is 0.316 e. The molecule has 0 amide bonds. The van der Waals surface area contributed by atoms with Gasteiger partial charge in [0.25, 0.3) is 5.56 Å². The van der Waals surface area contributed by atoms with Gasteiger partial charge in [0.05, 0.1) is 29.3 Å². The van der Waals surface area contributed by atoms with E-state index in [0.717, 1.165) is 19.4 Å². The van der Waals surface area contributed by atoms with Crippen LogP contribution in [0, 0.1) is 0 Å². The number of fused-ring (bicyclic) bond motifs is 1. The molecule has 140 valence electrons. The van der Waals surface area contributed by atoms with Crippen molar-refractivity contribution in [2.75, 3.05) is 12.4 Å². The molecule has 1 aromatic heterocycles. The molecule has 0 bridgehead atoms. The molecule has 0 saturated carbocycles. The van der Waals surface area contributed by atoms with Crippen molar-refractivity contribution in [3.05, 3.63) is 34.6 Å². The second kappa shape index (κ2) is 7.80. The molecule has 0 aliphatic carbocycles. The first-order valence-corrected chi connectivity index (χ1v) is 9.78. The molecule has 0 unspecified atom stereocenters. The van der Waals surface area contributed by atoms with Crippen molar-refractivity contribution in [3.63, 3.8) is 0 Å². The molecule has 1 saturated heterocycles. The molecule has 6 nitrogen and oxygen atoms in total. The van der Waals surface area contributed by atoms with Gasteiger partial charge in [0.2, 0.25) is 0 Å². The normalized spacial score (nSPS) is 17.6. The second-order valence-corrected chi connectivity index (χ2v) is 8.28. The Balaban J connectivity index is 1.88. The molecule has 2 heterocycles. The monoisotopic (exact) mass is 376 g/mol. The Labute approximate surface area is 156 Å². The van der Waals surface area contributed by atoms with Crippen molar-refractivity contribution in [1.29, 1.82) is 0 Å². The lowest BCUT2D eigenvalue weighted by Gasteiger charge is -2.20. The summed E-state index contributed by atoms with van der Waals surface area (Å²) in [5.74, 6) is -0.221. The zero-order valence-corrected chi connectivity index (χ0v) is 16.2. The highest BCUT2D eigenvalue weighted by Gasteiger charge is 2.22. The van der Waals surface area contributed by atoms with Crippen LogP contribution in [0.4, 0.5) is 0 Å². The molecule has 26 heavy (non-hydrogen) atoms. The van der Waals surface area contributed by atoms with Crippen molar-refractivity contribution in [2.24, 2.45) is 0 Å². The van der Waals surface area contributed by atoms with E-state index in [0.29, 0.717) is 22.6 Å². The van der Waals surface area contributed by atoms with Crippen molar-refractivity contribution >= 4 is 28.6 Å². The van der Waals surface area contributed by atoms with Crippen LogP contribution in [0.3, 0.4) is 0 Å². The number of thioether (sulfide) groups is 1. The van der Waals surface area contributed by atoms with Crippen molar-refractivity contribution in [2.45, 2.75) is 57.0 Å². The summed E-state index contributed by atoms with van der Waals surface area (Å²) in [7, 11) is 0. The SMILES string of the molecule is CC(C)(C)OC(=O)CSc1nc2ccccc2c(=O)n1C[C@@H]1CCCO1. The lowest BCUT2D eigenvalue weighted by molar-refractivity contribution is -0.151. The van der Waals surface area contributed by atoms with Gasteiger partial charge < -0.3 is 9.47 Å². The van der Waals surface area contributed by atoms with E-state index in [1.54, 1.807) is 10.6 Å². The number of hydrogen-bond donors (Lipinski definition) is 0. The van der Waals surface area contributed by atoms with Crippen molar-refractivity contribution < 1.29 is 14.3 Å². The average Bonchev–Trinajstić information content (AvgIpc) is 3.07. The number of hydrogen-bond acceptors (Lipinski definition) is 6.